The highest BCUT2D eigenvalue weighted by atomic mass is 16.4. The molecule has 0 aromatic carbocycles. The van der Waals surface area contributed by atoms with Gasteiger partial charge >= 0.3 is 5.97 Å². The fraction of sp³-hybridized carbons (Fsp3) is 0.222. The maximum atomic E-state index is 10.1. The second-order valence-corrected chi connectivity index (χ2v) is 2.41. The van der Waals surface area contributed by atoms with Crippen LogP contribution in [-0.2, 0) is 16.0 Å². The lowest BCUT2D eigenvalue weighted by atomic mass is 10.3. The normalized spacial score (nSPS) is 7.80. The van der Waals surface area contributed by atoms with Gasteiger partial charge in [-0.2, -0.15) is 0 Å². The van der Waals surface area contributed by atoms with Crippen molar-refractivity contribution < 1.29 is 25.3 Å². The van der Waals surface area contributed by atoms with Crippen LogP contribution in [0.15, 0.2) is 24.4 Å². The van der Waals surface area contributed by atoms with Crippen molar-refractivity contribution in [1.29, 1.82) is 0 Å². The van der Waals surface area contributed by atoms with Gasteiger partial charge in [-0.25, -0.2) is 0 Å². The van der Waals surface area contributed by atoms with Crippen molar-refractivity contribution >= 4 is 11.9 Å². The fourth-order valence-electron chi connectivity index (χ4n) is 0.658. The molecule has 0 aliphatic heterocycles. The highest BCUT2D eigenvalue weighted by Crippen LogP contribution is 1.93. The molecule has 0 unspecified atom stereocenters. The van der Waals surface area contributed by atoms with Crippen LogP contribution in [0.4, 0.5) is 0 Å². The molecule has 0 aliphatic carbocycles. The summed E-state index contributed by atoms with van der Waals surface area (Å²) in [7, 11) is 0. The van der Waals surface area contributed by atoms with E-state index < -0.39 is 11.9 Å². The summed E-state index contributed by atoms with van der Waals surface area (Å²) >= 11 is 0. The summed E-state index contributed by atoms with van der Waals surface area (Å²) in [4.78, 5) is 23.0. The van der Waals surface area contributed by atoms with Crippen molar-refractivity contribution in [1.82, 2.24) is 4.98 Å². The molecule has 0 saturated heterocycles. The van der Waals surface area contributed by atoms with Gasteiger partial charge in [0.2, 0.25) is 0 Å². The fourth-order valence-corrected chi connectivity index (χ4v) is 0.658. The monoisotopic (exact) mass is 215 g/mol. The lowest BCUT2D eigenvalue weighted by Gasteiger charge is -1.91. The highest BCUT2D eigenvalue weighted by Gasteiger charge is 1.98. The summed E-state index contributed by atoms with van der Waals surface area (Å²) in [5, 5.41) is 15.7. The van der Waals surface area contributed by atoms with Gasteiger partial charge in [-0.05, 0) is 12.1 Å². The zero-order chi connectivity index (χ0) is 11.0. The molecule has 1 heterocycles. The van der Waals surface area contributed by atoms with Gasteiger partial charge in [0.25, 0.3) is 5.97 Å². The van der Waals surface area contributed by atoms with Crippen LogP contribution in [0.25, 0.3) is 0 Å². The van der Waals surface area contributed by atoms with Crippen molar-refractivity contribution in [2.24, 2.45) is 0 Å². The van der Waals surface area contributed by atoms with Gasteiger partial charge in [0.05, 0.1) is 12.1 Å². The first kappa shape index (κ1) is 15.5. The van der Waals surface area contributed by atoms with Crippen LogP contribution < -0.4 is 0 Å². The molecule has 84 valence electrons. The molecule has 0 radical (unpaired) electrons. The summed E-state index contributed by atoms with van der Waals surface area (Å²) in [5.74, 6) is -1.68. The highest BCUT2D eigenvalue weighted by molar-refractivity contribution is 5.69. The minimum atomic E-state index is -0.848. The predicted octanol–water partition coefficient (Wildman–Crippen LogP) is -0.0251. The zero-order valence-corrected chi connectivity index (χ0v) is 8.17. The zero-order valence-electron chi connectivity index (χ0n) is 8.17. The Bertz CT molecular complexity index is 295. The number of nitrogens with zero attached hydrogens (tertiary/aromatic N) is 1. The molecular formula is C9H13NO5. The summed E-state index contributed by atoms with van der Waals surface area (Å²) in [6.07, 6.45) is 1.58. The van der Waals surface area contributed by atoms with Crippen LogP contribution in [0.2, 0.25) is 0 Å². The first-order valence-electron chi connectivity index (χ1n) is 3.83. The molecule has 15 heavy (non-hydrogen) atoms. The molecule has 0 atom stereocenters. The lowest BCUT2D eigenvalue weighted by Crippen LogP contribution is -2.01. The number of carbonyl (C=O) groups is 2. The third kappa shape index (κ3) is 12.1. The largest absolute Gasteiger partial charge is 0.481 e. The van der Waals surface area contributed by atoms with Gasteiger partial charge < -0.3 is 15.7 Å². The van der Waals surface area contributed by atoms with Crippen LogP contribution >= 0.6 is 0 Å². The second kappa shape index (κ2) is 8.64. The first-order chi connectivity index (χ1) is 6.52. The second-order valence-electron chi connectivity index (χ2n) is 2.41. The maximum Gasteiger partial charge on any atom is 0.309 e. The number of hydrogen-bond donors (Lipinski definition) is 2. The lowest BCUT2D eigenvalue weighted by molar-refractivity contribution is -0.136. The van der Waals surface area contributed by atoms with E-state index in [4.69, 9.17) is 15.0 Å². The Kier molecular flexibility index (Phi) is 8.94. The van der Waals surface area contributed by atoms with Gasteiger partial charge in [0.1, 0.15) is 0 Å². The van der Waals surface area contributed by atoms with E-state index in [2.05, 4.69) is 4.98 Å². The Balaban J connectivity index is 0. The Hall–Kier alpha value is -1.95. The van der Waals surface area contributed by atoms with Gasteiger partial charge in [-0.15, -0.1) is 0 Å². The van der Waals surface area contributed by atoms with Crippen molar-refractivity contribution in [3.05, 3.63) is 30.1 Å². The topological polar surface area (TPSA) is 119 Å². The third-order valence-corrected chi connectivity index (χ3v) is 1.06. The molecule has 0 bridgehead atoms. The van der Waals surface area contributed by atoms with Gasteiger partial charge in [-0.1, -0.05) is 6.07 Å². The van der Waals surface area contributed by atoms with E-state index >= 15 is 0 Å². The summed E-state index contributed by atoms with van der Waals surface area (Å²) in [6, 6.07) is 5.21. The number of aliphatic carboxylic acids is 2. The Morgan fingerprint density at radius 2 is 1.87 bits per heavy atom. The first-order valence-corrected chi connectivity index (χ1v) is 3.83. The molecule has 1 rings (SSSR count). The number of carboxylic acid groups (broad SMARTS) is 2. The number of pyridine rings is 1. The number of hydrogen-bond acceptors (Lipinski definition) is 3. The van der Waals surface area contributed by atoms with E-state index in [0.717, 1.165) is 6.92 Å². The number of rotatable bonds is 2. The maximum absolute atomic E-state index is 10.1. The van der Waals surface area contributed by atoms with Crippen LogP contribution in [0.5, 0.6) is 0 Å². The molecule has 1 aromatic heterocycles. The molecule has 0 saturated carbocycles. The summed E-state index contributed by atoms with van der Waals surface area (Å²) in [5.41, 5.74) is 0.593. The van der Waals surface area contributed by atoms with E-state index in [-0.39, 0.29) is 11.9 Å². The molecule has 0 spiro atoms. The van der Waals surface area contributed by atoms with E-state index in [1.165, 1.54) is 0 Å². The SMILES string of the molecule is CC(=O)O.O.O=C(O)Cc1ccccn1. The third-order valence-electron chi connectivity index (χ3n) is 1.06. The summed E-state index contributed by atoms with van der Waals surface area (Å²) < 4.78 is 0. The van der Waals surface area contributed by atoms with Crippen molar-refractivity contribution in [3.63, 3.8) is 0 Å². The van der Waals surface area contributed by atoms with Crippen molar-refractivity contribution in [2.75, 3.05) is 0 Å². The molecule has 0 aliphatic rings. The molecule has 4 N–H and O–H groups in total. The van der Waals surface area contributed by atoms with Crippen LogP contribution in [0, 0.1) is 0 Å². The average Bonchev–Trinajstić information content (AvgIpc) is 2.03. The van der Waals surface area contributed by atoms with E-state index in [1.807, 2.05) is 0 Å². The molecule has 6 heteroatoms. The number of aromatic nitrogens is 1. The van der Waals surface area contributed by atoms with E-state index in [1.54, 1.807) is 24.4 Å². The van der Waals surface area contributed by atoms with Gasteiger partial charge in [0, 0.05) is 13.1 Å². The Morgan fingerprint density at radius 3 is 2.20 bits per heavy atom. The number of carboxylic acids is 2. The predicted molar refractivity (Wildman–Crippen MR) is 52.5 cm³/mol. The van der Waals surface area contributed by atoms with Crippen LogP contribution in [0.1, 0.15) is 12.6 Å². The quantitative estimate of drug-likeness (QED) is 0.718. The van der Waals surface area contributed by atoms with E-state index in [0.29, 0.717) is 5.69 Å². The van der Waals surface area contributed by atoms with Crippen molar-refractivity contribution in [3.8, 4) is 0 Å². The summed E-state index contributed by atoms with van der Waals surface area (Å²) in [6.45, 7) is 1.08. The molecular weight excluding hydrogens is 202 g/mol. The standard InChI is InChI=1S/C7H7NO2.C2H4O2.H2O/c9-7(10)5-6-3-1-2-4-8-6;1-2(3)4;/h1-4H,5H2,(H,9,10);1H3,(H,3,4);1H2. The molecule has 0 fully saturated rings. The van der Waals surface area contributed by atoms with Crippen LogP contribution in [-0.4, -0.2) is 32.6 Å². The van der Waals surface area contributed by atoms with Crippen LogP contribution in [0.3, 0.4) is 0 Å². The Labute approximate surface area is 86.5 Å². The van der Waals surface area contributed by atoms with Gasteiger partial charge in [0.15, 0.2) is 0 Å². The smallest absolute Gasteiger partial charge is 0.309 e. The molecule has 6 nitrogen and oxygen atoms in total. The van der Waals surface area contributed by atoms with E-state index in [9.17, 15) is 4.79 Å². The minimum absolute atomic E-state index is 0. The van der Waals surface area contributed by atoms with Crippen molar-refractivity contribution in [2.45, 2.75) is 13.3 Å². The van der Waals surface area contributed by atoms with Gasteiger partial charge in [-0.3, -0.25) is 14.6 Å². The average molecular weight is 215 g/mol. The Morgan fingerprint density at radius 1 is 1.33 bits per heavy atom. The molecule has 0 amide bonds. The minimum Gasteiger partial charge on any atom is -0.481 e. The molecule has 1 aromatic rings.